The third kappa shape index (κ3) is 7.01. The van der Waals surface area contributed by atoms with Crippen LogP contribution in [0.3, 0.4) is 0 Å². The minimum atomic E-state index is -0.538. The first-order valence-corrected chi connectivity index (χ1v) is 15.4. The molecule has 1 aliphatic rings. The van der Waals surface area contributed by atoms with E-state index < -0.39 is 6.04 Å². The number of allylic oxidation sites excluding steroid dienone is 1. The normalized spacial score (nSPS) is 14.7. The summed E-state index contributed by atoms with van der Waals surface area (Å²) >= 11 is 5.33. The molecule has 0 saturated carbocycles. The molecule has 1 aromatic heterocycles. The van der Waals surface area contributed by atoms with Crippen molar-refractivity contribution in [2.45, 2.75) is 65.1 Å². The molecule has 0 fully saturated rings. The summed E-state index contributed by atoms with van der Waals surface area (Å²) in [6, 6.07) is 11.1. The van der Waals surface area contributed by atoms with E-state index in [0.29, 0.717) is 46.4 Å². The van der Waals surface area contributed by atoms with E-state index in [9.17, 15) is 4.79 Å². The van der Waals surface area contributed by atoms with Crippen LogP contribution < -0.4 is 20.1 Å². The number of ether oxygens (including phenoxy) is 2. The lowest BCUT2D eigenvalue weighted by molar-refractivity contribution is -0.113. The fourth-order valence-electron chi connectivity index (χ4n) is 4.46. The highest BCUT2D eigenvalue weighted by atomic mass is 79.9. The molecule has 1 amide bonds. The number of methoxy groups -OCH3 is 1. The summed E-state index contributed by atoms with van der Waals surface area (Å²) in [4.78, 5) is 18.6. The molecule has 0 radical (unpaired) electrons. The molecular formula is C30H38BrN5O3S. The van der Waals surface area contributed by atoms with E-state index in [2.05, 4.69) is 47.3 Å². The number of hydrogen-bond donors (Lipinski definition) is 2. The SMILES string of the molecule is CCCCSc1nc2n(n1)C(c1cc(Br)c(OCCC(C)C)c(OC)c1)C(C(=O)Nc1cccc(C)c1)=C(C)N2. The van der Waals surface area contributed by atoms with Crippen molar-refractivity contribution >= 4 is 45.2 Å². The first-order chi connectivity index (χ1) is 19.2. The summed E-state index contributed by atoms with van der Waals surface area (Å²) in [6.45, 7) is 11.0. The lowest BCUT2D eigenvalue weighted by Gasteiger charge is -2.29. The van der Waals surface area contributed by atoms with E-state index in [1.165, 1.54) is 0 Å². The average molecular weight is 629 g/mol. The van der Waals surface area contributed by atoms with Gasteiger partial charge in [0.1, 0.15) is 6.04 Å². The number of nitrogens with zero attached hydrogens (tertiary/aromatic N) is 3. The molecule has 2 aromatic carbocycles. The van der Waals surface area contributed by atoms with Crippen LogP contribution >= 0.6 is 27.7 Å². The molecule has 8 nitrogen and oxygen atoms in total. The maximum Gasteiger partial charge on any atom is 0.255 e. The Bertz CT molecular complexity index is 1390. The fourth-order valence-corrected chi connectivity index (χ4v) is 5.94. The third-order valence-corrected chi connectivity index (χ3v) is 8.10. The van der Waals surface area contributed by atoms with Gasteiger partial charge in [0.25, 0.3) is 5.91 Å². The molecule has 0 aliphatic carbocycles. The van der Waals surface area contributed by atoms with Crippen LogP contribution in [0.1, 0.15) is 64.1 Å². The number of thioether (sulfide) groups is 1. The Morgan fingerprint density at radius 2 is 2.05 bits per heavy atom. The molecule has 4 rings (SSSR count). The number of amides is 1. The smallest absolute Gasteiger partial charge is 0.255 e. The van der Waals surface area contributed by atoms with Crippen molar-refractivity contribution in [3.05, 3.63) is 63.3 Å². The summed E-state index contributed by atoms with van der Waals surface area (Å²) in [5, 5.41) is 11.9. The Balaban J connectivity index is 1.77. The highest BCUT2D eigenvalue weighted by Crippen LogP contribution is 2.43. The number of nitrogens with one attached hydrogen (secondary N) is 2. The van der Waals surface area contributed by atoms with E-state index in [1.807, 2.05) is 50.2 Å². The second kappa shape index (κ2) is 13.6. The number of halogens is 1. The number of rotatable bonds is 12. The van der Waals surface area contributed by atoms with Gasteiger partial charge in [-0.3, -0.25) is 4.79 Å². The predicted molar refractivity (Wildman–Crippen MR) is 166 cm³/mol. The Hall–Kier alpha value is -2.98. The van der Waals surface area contributed by atoms with Gasteiger partial charge in [0.05, 0.1) is 23.8 Å². The molecule has 40 heavy (non-hydrogen) atoms. The topological polar surface area (TPSA) is 90.3 Å². The van der Waals surface area contributed by atoms with Crippen molar-refractivity contribution in [2.24, 2.45) is 5.92 Å². The van der Waals surface area contributed by atoms with Crippen molar-refractivity contribution < 1.29 is 14.3 Å². The fraction of sp³-hybridized carbons (Fsp3) is 0.433. The lowest BCUT2D eigenvalue weighted by atomic mass is 9.94. The Kier molecular flexibility index (Phi) is 10.2. The highest BCUT2D eigenvalue weighted by Gasteiger charge is 2.35. The lowest BCUT2D eigenvalue weighted by Crippen LogP contribution is -2.31. The minimum absolute atomic E-state index is 0.214. The minimum Gasteiger partial charge on any atom is -0.493 e. The Morgan fingerprint density at radius 3 is 2.75 bits per heavy atom. The van der Waals surface area contributed by atoms with Gasteiger partial charge in [-0.2, -0.15) is 4.98 Å². The molecule has 3 aromatic rings. The number of unbranched alkanes of at least 4 members (excludes halogenated alkanes) is 1. The molecule has 2 N–H and O–H groups in total. The number of aryl methyl sites for hydroxylation is 1. The van der Waals surface area contributed by atoms with E-state index in [0.717, 1.165) is 46.3 Å². The van der Waals surface area contributed by atoms with Gasteiger partial charge < -0.3 is 20.1 Å². The maximum atomic E-state index is 13.9. The zero-order chi connectivity index (χ0) is 28.8. The van der Waals surface area contributed by atoms with Gasteiger partial charge in [0.2, 0.25) is 11.1 Å². The van der Waals surface area contributed by atoms with Gasteiger partial charge in [0, 0.05) is 17.1 Å². The van der Waals surface area contributed by atoms with Crippen LogP contribution in [0.15, 0.2) is 57.3 Å². The van der Waals surface area contributed by atoms with Crippen molar-refractivity contribution in [1.29, 1.82) is 0 Å². The number of aromatic nitrogens is 3. The molecule has 0 spiro atoms. The summed E-state index contributed by atoms with van der Waals surface area (Å²) < 4.78 is 14.4. The maximum absolute atomic E-state index is 13.9. The number of hydrogen-bond acceptors (Lipinski definition) is 7. The molecule has 1 unspecified atom stereocenters. The number of benzene rings is 2. The molecule has 2 heterocycles. The molecule has 1 atom stereocenters. The summed E-state index contributed by atoms with van der Waals surface area (Å²) in [5.74, 6) is 3.06. The summed E-state index contributed by atoms with van der Waals surface area (Å²) in [5.41, 5.74) is 3.89. The number of carbonyl (C=O) groups is 1. The van der Waals surface area contributed by atoms with Gasteiger partial charge in [-0.1, -0.05) is 51.1 Å². The second-order valence-electron chi connectivity index (χ2n) is 10.3. The zero-order valence-corrected chi connectivity index (χ0v) is 26.4. The summed E-state index contributed by atoms with van der Waals surface area (Å²) in [7, 11) is 1.62. The molecule has 1 aliphatic heterocycles. The quantitative estimate of drug-likeness (QED) is 0.158. The van der Waals surface area contributed by atoms with Gasteiger partial charge >= 0.3 is 0 Å². The average Bonchev–Trinajstić information content (AvgIpc) is 3.30. The molecule has 10 heteroatoms. The zero-order valence-electron chi connectivity index (χ0n) is 24.0. The monoisotopic (exact) mass is 627 g/mol. The van der Waals surface area contributed by atoms with E-state index in [-0.39, 0.29) is 5.91 Å². The Labute approximate surface area is 249 Å². The predicted octanol–water partition coefficient (Wildman–Crippen LogP) is 7.60. The number of fused-ring (bicyclic) bond motifs is 1. The van der Waals surface area contributed by atoms with Crippen LogP contribution in [0.4, 0.5) is 11.6 Å². The van der Waals surface area contributed by atoms with Gasteiger partial charge in [-0.05, 0) is 83.9 Å². The largest absolute Gasteiger partial charge is 0.493 e. The van der Waals surface area contributed by atoms with Crippen molar-refractivity contribution in [2.75, 3.05) is 30.1 Å². The molecule has 214 valence electrons. The molecular weight excluding hydrogens is 590 g/mol. The van der Waals surface area contributed by atoms with Crippen LogP contribution in [0.25, 0.3) is 0 Å². The molecule has 0 bridgehead atoms. The van der Waals surface area contributed by atoms with E-state index in [1.54, 1.807) is 23.6 Å². The van der Waals surface area contributed by atoms with Crippen LogP contribution in [0.5, 0.6) is 11.5 Å². The van der Waals surface area contributed by atoms with E-state index in [4.69, 9.17) is 19.6 Å². The van der Waals surface area contributed by atoms with Crippen LogP contribution in [-0.2, 0) is 4.79 Å². The highest BCUT2D eigenvalue weighted by molar-refractivity contribution is 9.10. The van der Waals surface area contributed by atoms with Crippen molar-refractivity contribution in [1.82, 2.24) is 14.8 Å². The van der Waals surface area contributed by atoms with Crippen LogP contribution in [0.2, 0.25) is 0 Å². The number of anilines is 2. The Morgan fingerprint density at radius 1 is 1.25 bits per heavy atom. The third-order valence-electron chi connectivity index (χ3n) is 6.59. The standard InChI is InChI=1S/C30H38BrN5O3S/c1-7-8-14-40-30-34-29-32-20(5)25(28(37)33-22-11-9-10-19(4)15-22)26(36(29)35-30)21-16-23(31)27(24(17-21)38-6)39-13-12-18(2)3/h9-11,15-18,26H,7-8,12-14H2,1-6H3,(H,33,37)(H,32,34,35). The second-order valence-corrected chi connectivity index (χ2v) is 12.2. The first-order valence-electron chi connectivity index (χ1n) is 13.7. The number of carbonyl (C=O) groups excluding carboxylic acids is 1. The van der Waals surface area contributed by atoms with Gasteiger partial charge in [0.15, 0.2) is 11.5 Å². The van der Waals surface area contributed by atoms with Crippen molar-refractivity contribution in [3.63, 3.8) is 0 Å². The van der Waals surface area contributed by atoms with Crippen LogP contribution in [-0.4, -0.2) is 40.1 Å². The van der Waals surface area contributed by atoms with Gasteiger partial charge in [-0.25, -0.2) is 4.68 Å². The summed E-state index contributed by atoms with van der Waals surface area (Å²) in [6.07, 6.45) is 3.11. The van der Waals surface area contributed by atoms with Crippen molar-refractivity contribution in [3.8, 4) is 11.5 Å². The first kappa shape index (κ1) is 30.0. The van der Waals surface area contributed by atoms with Crippen LogP contribution in [0, 0.1) is 12.8 Å². The molecule has 0 saturated heterocycles. The van der Waals surface area contributed by atoms with E-state index >= 15 is 0 Å². The van der Waals surface area contributed by atoms with Gasteiger partial charge in [-0.15, -0.1) is 5.10 Å².